The highest BCUT2D eigenvalue weighted by Gasteiger charge is 2.27. The summed E-state index contributed by atoms with van der Waals surface area (Å²) in [4.78, 5) is 2.32. The Morgan fingerprint density at radius 1 is 1.47 bits per heavy atom. The van der Waals surface area contributed by atoms with Gasteiger partial charge in [-0.05, 0) is 19.4 Å². The van der Waals surface area contributed by atoms with Crippen molar-refractivity contribution in [1.29, 1.82) is 0 Å². The molecule has 1 aliphatic rings. The van der Waals surface area contributed by atoms with Crippen molar-refractivity contribution in [3.8, 4) is 0 Å². The number of nitrogens with two attached hydrogens (primary N) is 1. The van der Waals surface area contributed by atoms with Crippen LogP contribution in [0.15, 0.2) is 24.3 Å². The minimum atomic E-state index is -0.291. The third-order valence-corrected chi connectivity index (χ3v) is 3.79. The van der Waals surface area contributed by atoms with Crippen molar-refractivity contribution in [3.63, 3.8) is 0 Å². The summed E-state index contributed by atoms with van der Waals surface area (Å²) < 4.78 is 19.4. The molecule has 0 radical (unpaired) electrons. The molecule has 3 unspecified atom stereocenters. The smallest absolute Gasteiger partial charge is 0.128 e. The summed E-state index contributed by atoms with van der Waals surface area (Å²) >= 11 is 0. The Labute approximate surface area is 114 Å². The molecule has 2 N–H and O–H groups in total. The fraction of sp³-hybridized carbons (Fsp3) is 0.600. The van der Waals surface area contributed by atoms with Crippen LogP contribution < -0.4 is 5.73 Å². The Kier molecular flexibility index (Phi) is 4.91. The van der Waals surface area contributed by atoms with E-state index in [1.54, 1.807) is 12.1 Å². The van der Waals surface area contributed by atoms with Gasteiger partial charge in [-0.2, -0.15) is 0 Å². The second-order valence-corrected chi connectivity index (χ2v) is 5.29. The van der Waals surface area contributed by atoms with Gasteiger partial charge in [0.2, 0.25) is 0 Å². The van der Waals surface area contributed by atoms with Crippen LogP contribution in [0.5, 0.6) is 0 Å². The molecule has 3 nitrogen and oxygen atoms in total. The Morgan fingerprint density at radius 3 is 2.89 bits per heavy atom. The van der Waals surface area contributed by atoms with Gasteiger partial charge in [-0.15, -0.1) is 0 Å². The first-order valence-electron chi connectivity index (χ1n) is 6.97. The summed E-state index contributed by atoms with van der Waals surface area (Å²) in [5.41, 5.74) is 6.76. The highest BCUT2D eigenvalue weighted by molar-refractivity contribution is 5.21. The van der Waals surface area contributed by atoms with Gasteiger partial charge in [-0.1, -0.05) is 25.1 Å². The van der Waals surface area contributed by atoms with Crippen LogP contribution in [0.4, 0.5) is 4.39 Å². The summed E-state index contributed by atoms with van der Waals surface area (Å²) in [7, 11) is 0. The lowest BCUT2D eigenvalue weighted by Gasteiger charge is -2.39. The van der Waals surface area contributed by atoms with E-state index in [0.717, 1.165) is 19.6 Å². The summed E-state index contributed by atoms with van der Waals surface area (Å²) in [6.07, 6.45) is 1.24. The molecule has 1 aromatic rings. The van der Waals surface area contributed by atoms with E-state index in [1.807, 2.05) is 6.07 Å². The van der Waals surface area contributed by atoms with Crippen LogP contribution >= 0.6 is 0 Å². The monoisotopic (exact) mass is 266 g/mol. The molecule has 1 fully saturated rings. The molecule has 1 aliphatic heterocycles. The van der Waals surface area contributed by atoms with E-state index in [1.165, 1.54) is 6.07 Å². The maximum absolute atomic E-state index is 13.7. The van der Waals surface area contributed by atoms with E-state index < -0.39 is 0 Å². The van der Waals surface area contributed by atoms with Gasteiger partial charge >= 0.3 is 0 Å². The first-order chi connectivity index (χ1) is 9.11. The van der Waals surface area contributed by atoms with Crippen molar-refractivity contribution in [2.75, 3.05) is 19.7 Å². The van der Waals surface area contributed by atoms with Crippen molar-refractivity contribution in [1.82, 2.24) is 4.90 Å². The number of benzene rings is 1. The van der Waals surface area contributed by atoms with Gasteiger partial charge in [-0.25, -0.2) is 4.39 Å². The Balaban J connectivity index is 2.04. The molecule has 0 aromatic heterocycles. The number of ether oxygens (including phenoxy) is 1. The van der Waals surface area contributed by atoms with Gasteiger partial charge in [0.05, 0.1) is 12.7 Å². The van der Waals surface area contributed by atoms with Crippen molar-refractivity contribution >= 4 is 0 Å². The van der Waals surface area contributed by atoms with Crippen LogP contribution in [-0.4, -0.2) is 36.7 Å². The second kappa shape index (κ2) is 6.46. The van der Waals surface area contributed by atoms with Gasteiger partial charge in [-0.3, -0.25) is 4.90 Å². The average Bonchev–Trinajstić information content (AvgIpc) is 2.39. The normalized spacial score (nSPS) is 26.3. The third kappa shape index (κ3) is 3.53. The third-order valence-electron chi connectivity index (χ3n) is 3.79. The molecule has 0 spiro atoms. The molecule has 3 atom stereocenters. The Hall–Kier alpha value is -0.970. The lowest BCUT2D eigenvalue weighted by Crippen LogP contribution is -2.50. The molecular weight excluding hydrogens is 243 g/mol. The van der Waals surface area contributed by atoms with E-state index >= 15 is 0 Å². The van der Waals surface area contributed by atoms with Crippen LogP contribution in [-0.2, 0) is 4.74 Å². The van der Waals surface area contributed by atoms with Crippen molar-refractivity contribution < 1.29 is 9.13 Å². The standard InChI is InChI=1S/C15H23FN2O/c1-3-12-10-19-11(2)8-18(12)9-15(17)13-6-4-5-7-14(13)16/h4-7,11-12,15H,3,8-10,17H2,1-2H3. The van der Waals surface area contributed by atoms with Crippen LogP contribution in [0.3, 0.4) is 0 Å². The van der Waals surface area contributed by atoms with E-state index in [2.05, 4.69) is 18.7 Å². The van der Waals surface area contributed by atoms with E-state index in [9.17, 15) is 4.39 Å². The molecule has 106 valence electrons. The zero-order chi connectivity index (χ0) is 13.8. The molecule has 0 bridgehead atoms. The highest BCUT2D eigenvalue weighted by atomic mass is 19.1. The fourth-order valence-electron chi connectivity index (χ4n) is 2.64. The number of morpholine rings is 1. The van der Waals surface area contributed by atoms with Crippen LogP contribution in [0.2, 0.25) is 0 Å². The van der Waals surface area contributed by atoms with E-state index in [0.29, 0.717) is 18.2 Å². The van der Waals surface area contributed by atoms with E-state index in [4.69, 9.17) is 10.5 Å². The predicted molar refractivity (Wildman–Crippen MR) is 74.4 cm³/mol. The molecule has 1 heterocycles. The molecule has 0 amide bonds. The Bertz CT molecular complexity index is 413. The van der Waals surface area contributed by atoms with Gasteiger partial charge in [0.15, 0.2) is 0 Å². The molecule has 0 aliphatic carbocycles. The van der Waals surface area contributed by atoms with Crippen molar-refractivity contribution in [2.45, 2.75) is 38.5 Å². The van der Waals surface area contributed by atoms with Gasteiger partial charge in [0.25, 0.3) is 0 Å². The summed E-state index contributed by atoms with van der Waals surface area (Å²) in [6.45, 7) is 6.48. The number of halogens is 1. The van der Waals surface area contributed by atoms with Gasteiger partial charge < -0.3 is 10.5 Å². The summed E-state index contributed by atoms with van der Waals surface area (Å²) in [5, 5.41) is 0. The van der Waals surface area contributed by atoms with Gasteiger partial charge in [0.1, 0.15) is 5.82 Å². The van der Waals surface area contributed by atoms with Crippen LogP contribution in [0.25, 0.3) is 0 Å². The number of hydrogen-bond acceptors (Lipinski definition) is 3. The zero-order valence-electron chi connectivity index (χ0n) is 11.7. The molecule has 1 aromatic carbocycles. The Morgan fingerprint density at radius 2 is 2.21 bits per heavy atom. The maximum Gasteiger partial charge on any atom is 0.128 e. The van der Waals surface area contributed by atoms with Crippen LogP contribution in [0.1, 0.15) is 31.9 Å². The number of nitrogens with zero attached hydrogens (tertiary/aromatic N) is 1. The maximum atomic E-state index is 13.7. The zero-order valence-corrected chi connectivity index (χ0v) is 11.7. The van der Waals surface area contributed by atoms with E-state index in [-0.39, 0.29) is 18.0 Å². The molecule has 1 saturated heterocycles. The molecule has 4 heteroatoms. The SMILES string of the molecule is CCC1COC(C)CN1CC(N)c1ccccc1F. The topological polar surface area (TPSA) is 38.5 Å². The second-order valence-electron chi connectivity index (χ2n) is 5.29. The fourth-order valence-corrected chi connectivity index (χ4v) is 2.64. The van der Waals surface area contributed by atoms with Crippen LogP contribution in [0, 0.1) is 5.82 Å². The molecule has 19 heavy (non-hydrogen) atoms. The lowest BCUT2D eigenvalue weighted by molar-refractivity contribution is -0.0575. The predicted octanol–water partition coefficient (Wildman–Crippen LogP) is 2.32. The quantitative estimate of drug-likeness (QED) is 0.909. The molecular formula is C15H23FN2O. The minimum Gasteiger partial charge on any atom is -0.376 e. The van der Waals surface area contributed by atoms with Gasteiger partial charge in [0, 0.05) is 30.7 Å². The summed E-state index contributed by atoms with van der Waals surface area (Å²) in [6, 6.07) is 6.85. The number of hydrogen-bond donors (Lipinski definition) is 1. The lowest BCUT2D eigenvalue weighted by atomic mass is 10.0. The first kappa shape index (κ1) is 14.4. The average molecular weight is 266 g/mol. The minimum absolute atomic E-state index is 0.218. The molecule has 2 rings (SSSR count). The largest absolute Gasteiger partial charge is 0.376 e. The van der Waals surface area contributed by atoms with Crippen molar-refractivity contribution in [2.24, 2.45) is 5.73 Å². The molecule has 0 saturated carbocycles. The summed E-state index contributed by atoms with van der Waals surface area (Å²) in [5.74, 6) is -0.218. The highest BCUT2D eigenvalue weighted by Crippen LogP contribution is 2.20. The van der Waals surface area contributed by atoms with Crippen molar-refractivity contribution in [3.05, 3.63) is 35.6 Å². The first-order valence-corrected chi connectivity index (χ1v) is 6.97. The number of rotatable bonds is 4.